The Hall–Kier alpha value is -3.09. The first-order valence-electron chi connectivity index (χ1n) is 8.97. The Bertz CT molecular complexity index is 871. The lowest BCUT2D eigenvalue weighted by molar-refractivity contribution is -0.135. The highest BCUT2D eigenvalue weighted by atomic mass is 16.5. The minimum atomic E-state index is -0.461. The number of hydrogen-bond acceptors (Lipinski definition) is 4. The quantitative estimate of drug-likeness (QED) is 0.622. The molecule has 0 saturated carbocycles. The summed E-state index contributed by atoms with van der Waals surface area (Å²) in [6, 6.07) is 7.67. The van der Waals surface area contributed by atoms with Crippen LogP contribution in [0, 0.1) is 5.92 Å². The Morgan fingerprint density at radius 1 is 1.33 bits per heavy atom. The number of methoxy groups -OCH3 is 1. The fraction of sp³-hybridized carbons (Fsp3) is 0.350. The van der Waals surface area contributed by atoms with Crippen LogP contribution in [0.15, 0.2) is 42.6 Å². The van der Waals surface area contributed by atoms with Crippen LogP contribution >= 0.6 is 0 Å². The van der Waals surface area contributed by atoms with Crippen LogP contribution in [0.4, 0.5) is 0 Å². The zero-order valence-corrected chi connectivity index (χ0v) is 15.2. The summed E-state index contributed by atoms with van der Waals surface area (Å²) >= 11 is 0. The SMILES string of the molecule is COC(=O)/C=C/CNC(=O)C1CCCN(C(=O)c2c[nH]c3ccccc23)C1. The monoisotopic (exact) mass is 369 g/mol. The van der Waals surface area contributed by atoms with Gasteiger partial charge in [0, 0.05) is 42.8 Å². The number of aromatic amines is 1. The molecule has 2 amide bonds. The van der Waals surface area contributed by atoms with E-state index in [1.54, 1.807) is 17.2 Å². The zero-order chi connectivity index (χ0) is 19.2. The third kappa shape index (κ3) is 4.36. The lowest BCUT2D eigenvalue weighted by atomic mass is 9.96. The number of esters is 1. The molecular formula is C20H23N3O4. The first kappa shape index (κ1) is 18.7. The van der Waals surface area contributed by atoms with Gasteiger partial charge < -0.3 is 19.9 Å². The number of benzene rings is 1. The van der Waals surface area contributed by atoms with Crippen LogP contribution in [0.2, 0.25) is 0 Å². The number of likely N-dealkylation sites (tertiary alicyclic amines) is 1. The van der Waals surface area contributed by atoms with Crippen molar-refractivity contribution in [1.82, 2.24) is 15.2 Å². The topological polar surface area (TPSA) is 91.5 Å². The summed E-state index contributed by atoms with van der Waals surface area (Å²) in [5.41, 5.74) is 1.55. The fourth-order valence-corrected chi connectivity index (χ4v) is 3.32. The summed E-state index contributed by atoms with van der Waals surface area (Å²) in [7, 11) is 1.30. The van der Waals surface area contributed by atoms with Gasteiger partial charge in [-0.1, -0.05) is 24.3 Å². The third-order valence-corrected chi connectivity index (χ3v) is 4.75. The van der Waals surface area contributed by atoms with E-state index in [9.17, 15) is 14.4 Å². The highest BCUT2D eigenvalue weighted by Crippen LogP contribution is 2.23. The largest absolute Gasteiger partial charge is 0.466 e. The molecule has 7 heteroatoms. The summed E-state index contributed by atoms with van der Waals surface area (Å²) in [4.78, 5) is 41.2. The number of fused-ring (bicyclic) bond motifs is 1. The van der Waals surface area contributed by atoms with Crippen LogP contribution in [0.5, 0.6) is 0 Å². The van der Waals surface area contributed by atoms with Gasteiger partial charge in [0.05, 0.1) is 18.6 Å². The summed E-state index contributed by atoms with van der Waals surface area (Å²) < 4.78 is 4.49. The van der Waals surface area contributed by atoms with Crippen molar-refractivity contribution in [3.63, 3.8) is 0 Å². The molecule has 0 bridgehead atoms. The van der Waals surface area contributed by atoms with Gasteiger partial charge in [0.25, 0.3) is 5.91 Å². The van der Waals surface area contributed by atoms with Gasteiger partial charge in [-0.15, -0.1) is 0 Å². The number of nitrogens with one attached hydrogen (secondary N) is 2. The van der Waals surface area contributed by atoms with E-state index in [2.05, 4.69) is 15.0 Å². The van der Waals surface area contributed by atoms with Crippen molar-refractivity contribution in [1.29, 1.82) is 0 Å². The van der Waals surface area contributed by atoms with E-state index < -0.39 is 5.97 Å². The molecule has 1 saturated heterocycles. The molecule has 142 valence electrons. The Labute approximate surface area is 157 Å². The van der Waals surface area contributed by atoms with E-state index in [0.29, 0.717) is 18.7 Å². The molecule has 1 atom stereocenters. The number of para-hydroxylation sites is 1. The van der Waals surface area contributed by atoms with Crippen LogP contribution in [0.3, 0.4) is 0 Å². The van der Waals surface area contributed by atoms with Gasteiger partial charge in [0.1, 0.15) is 0 Å². The van der Waals surface area contributed by atoms with E-state index in [4.69, 9.17) is 0 Å². The fourth-order valence-electron chi connectivity index (χ4n) is 3.32. The number of nitrogens with zero attached hydrogens (tertiary/aromatic N) is 1. The molecule has 2 N–H and O–H groups in total. The summed E-state index contributed by atoms with van der Waals surface area (Å²) in [6.07, 6.45) is 6.07. The molecule has 0 aliphatic carbocycles. The van der Waals surface area contributed by atoms with Gasteiger partial charge in [-0.05, 0) is 18.9 Å². The molecular weight excluding hydrogens is 346 g/mol. The second kappa shape index (κ2) is 8.53. The van der Waals surface area contributed by atoms with Gasteiger partial charge in [0.2, 0.25) is 5.91 Å². The Kier molecular flexibility index (Phi) is 5.90. The van der Waals surface area contributed by atoms with Gasteiger partial charge >= 0.3 is 5.97 Å². The van der Waals surface area contributed by atoms with Crippen molar-refractivity contribution < 1.29 is 19.1 Å². The normalized spacial score (nSPS) is 17.2. The van der Waals surface area contributed by atoms with Crippen molar-refractivity contribution in [3.05, 3.63) is 48.2 Å². The molecule has 2 aromatic rings. The van der Waals surface area contributed by atoms with E-state index in [1.165, 1.54) is 13.2 Å². The number of amides is 2. The van der Waals surface area contributed by atoms with E-state index in [1.807, 2.05) is 24.3 Å². The van der Waals surface area contributed by atoms with Gasteiger partial charge in [-0.2, -0.15) is 0 Å². The number of rotatable bonds is 5. The van der Waals surface area contributed by atoms with E-state index in [0.717, 1.165) is 23.7 Å². The summed E-state index contributed by atoms with van der Waals surface area (Å²) in [6.45, 7) is 1.29. The van der Waals surface area contributed by atoms with Crippen molar-refractivity contribution in [2.75, 3.05) is 26.7 Å². The Morgan fingerprint density at radius 2 is 2.15 bits per heavy atom. The first-order valence-corrected chi connectivity index (χ1v) is 8.97. The van der Waals surface area contributed by atoms with Crippen LogP contribution < -0.4 is 5.32 Å². The lowest BCUT2D eigenvalue weighted by Gasteiger charge is -2.32. The maximum Gasteiger partial charge on any atom is 0.330 e. The number of H-pyrrole nitrogens is 1. The molecule has 2 heterocycles. The number of carbonyl (C=O) groups is 3. The molecule has 27 heavy (non-hydrogen) atoms. The molecule has 1 unspecified atom stereocenters. The predicted octanol–water partition coefficient (Wildman–Crippen LogP) is 1.87. The zero-order valence-electron chi connectivity index (χ0n) is 15.2. The second-order valence-electron chi connectivity index (χ2n) is 6.51. The number of carbonyl (C=O) groups excluding carboxylic acids is 3. The highest BCUT2D eigenvalue weighted by molar-refractivity contribution is 6.06. The summed E-state index contributed by atoms with van der Waals surface area (Å²) in [5, 5.41) is 3.67. The molecule has 0 spiro atoms. The molecule has 1 fully saturated rings. The minimum Gasteiger partial charge on any atom is -0.466 e. The summed E-state index contributed by atoms with van der Waals surface area (Å²) in [5.74, 6) is -0.881. The Balaban J connectivity index is 1.60. The van der Waals surface area contributed by atoms with E-state index >= 15 is 0 Å². The van der Waals surface area contributed by atoms with Gasteiger partial charge in [-0.25, -0.2) is 4.79 Å². The smallest absolute Gasteiger partial charge is 0.330 e. The number of aromatic nitrogens is 1. The molecule has 1 aromatic carbocycles. The van der Waals surface area contributed by atoms with Crippen LogP contribution in [-0.4, -0.2) is 54.4 Å². The Morgan fingerprint density at radius 3 is 2.96 bits per heavy atom. The van der Waals surface area contributed by atoms with Gasteiger partial charge in [-0.3, -0.25) is 9.59 Å². The molecule has 7 nitrogen and oxygen atoms in total. The predicted molar refractivity (Wildman–Crippen MR) is 101 cm³/mol. The van der Waals surface area contributed by atoms with Crippen molar-refractivity contribution in [3.8, 4) is 0 Å². The van der Waals surface area contributed by atoms with Crippen molar-refractivity contribution in [2.24, 2.45) is 5.92 Å². The third-order valence-electron chi connectivity index (χ3n) is 4.75. The standard InChI is InChI=1S/C20H23N3O4/c1-27-18(24)9-4-10-21-19(25)14-6-5-11-23(13-14)20(26)16-12-22-17-8-3-2-7-15(16)17/h2-4,7-9,12,14,22H,5-6,10-11,13H2,1H3,(H,21,25)/b9-4+. The number of ether oxygens (including phenoxy) is 1. The maximum absolute atomic E-state index is 12.9. The number of piperidine rings is 1. The molecule has 3 rings (SSSR count). The molecule has 0 radical (unpaired) electrons. The first-order chi connectivity index (χ1) is 13.1. The maximum atomic E-state index is 12.9. The minimum absolute atomic E-state index is 0.0597. The van der Waals surface area contributed by atoms with Gasteiger partial charge in [0.15, 0.2) is 0 Å². The average Bonchev–Trinajstić information content (AvgIpc) is 3.14. The lowest BCUT2D eigenvalue weighted by Crippen LogP contribution is -2.45. The van der Waals surface area contributed by atoms with E-state index in [-0.39, 0.29) is 24.3 Å². The molecule has 1 aliphatic heterocycles. The highest BCUT2D eigenvalue weighted by Gasteiger charge is 2.29. The van der Waals surface area contributed by atoms with Crippen LogP contribution in [0.1, 0.15) is 23.2 Å². The van der Waals surface area contributed by atoms with Crippen molar-refractivity contribution >= 4 is 28.7 Å². The van der Waals surface area contributed by atoms with Crippen LogP contribution in [0.25, 0.3) is 10.9 Å². The van der Waals surface area contributed by atoms with Crippen molar-refractivity contribution in [2.45, 2.75) is 12.8 Å². The molecule has 1 aliphatic rings. The molecule has 1 aromatic heterocycles. The second-order valence-corrected chi connectivity index (χ2v) is 6.51. The van der Waals surface area contributed by atoms with Crippen LogP contribution in [-0.2, 0) is 14.3 Å². The average molecular weight is 369 g/mol. The number of hydrogen-bond donors (Lipinski definition) is 2.